The molecule has 2 aromatic carbocycles. The Labute approximate surface area is 157 Å². The number of hydrogen-bond acceptors (Lipinski definition) is 4. The van der Waals surface area contributed by atoms with Crippen LogP contribution in [0.2, 0.25) is 5.02 Å². The minimum Gasteiger partial charge on any atom is -0.497 e. The van der Waals surface area contributed by atoms with Crippen LogP contribution in [0.5, 0.6) is 11.5 Å². The molecule has 0 radical (unpaired) electrons. The molecular weight excluding hydrogens is 356 g/mol. The number of benzene rings is 2. The van der Waals surface area contributed by atoms with Gasteiger partial charge in [-0.05, 0) is 36.4 Å². The van der Waals surface area contributed by atoms with E-state index < -0.39 is 0 Å². The molecule has 0 saturated heterocycles. The highest BCUT2D eigenvalue weighted by Crippen LogP contribution is 2.32. The molecule has 0 saturated carbocycles. The fourth-order valence-corrected chi connectivity index (χ4v) is 2.57. The summed E-state index contributed by atoms with van der Waals surface area (Å²) in [6.07, 6.45) is 0. The first-order valence-corrected chi connectivity index (χ1v) is 8.38. The number of amides is 2. The zero-order valence-electron chi connectivity index (χ0n) is 14.9. The average molecular weight is 377 g/mol. The van der Waals surface area contributed by atoms with Gasteiger partial charge < -0.3 is 19.7 Å². The number of nitrogens with one attached hydrogen (secondary N) is 1. The molecule has 2 amide bonds. The first-order valence-electron chi connectivity index (χ1n) is 8.00. The van der Waals surface area contributed by atoms with Gasteiger partial charge in [-0.25, -0.2) is 0 Å². The molecule has 0 atom stereocenters. The summed E-state index contributed by atoms with van der Waals surface area (Å²) >= 11 is 5.82. The lowest BCUT2D eigenvalue weighted by Gasteiger charge is -2.23. The normalized spacial score (nSPS) is 10.2. The summed E-state index contributed by atoms with van der Waals surface area (Å²) in [6, 6.07) is 11.8. The van der Waals surface area contributed by atoms with Gasteiger partial charge in [0.2, 0.25) is 5.91 Å². The lowest BCUT2D eigenvalue weighted by atomic mass is 10.2. The van der Waals surface area contributed by atoms with Crippen LogP contribution >= 0.6 is 11.6 Å². The maximum Gasteiger partial charge on any atom is 0.251 e. The van der Waals surface area contributed by atoms with Gasteiger partial charge in [0, 0.05) is 36.7 Å². The highest BCUT2D eigenvalue weighted by atomic mass is 35.5. The third-order valence-corrected chi connectivity index (χ3v) is 4.04. The molecule has 0 unspecified atom stereocenters. The average Bonchev–Trinajstić information content (AvgIpc) is 2.65. The standard InChI is InChI=1S/C19H21ClN2O4/c1-13(23)22(17-9-8-16(25-2)12-18(17)26-3)11-10-21-19(24)14-4-6-15(20)7-5-14/h4-9,12H,10-11H2,1-3H3,(H,21,24). The number of ether oxygens (including phenoxy) is 2. The minimum absolute atomic E-state index is 0.158. The predicted octanol–water partition coefficient (Wildman–Crippen LogP) is 3.14. The van der Waals surface area contributed by atoms with Crippen molar-refractivity contribution >= 4 is 29.1 Å². The van der Waals surface area contributed by atoms with Gasteiger partial charge in [0.1, 0.15) is 11.5 Å². The molecule has 2 rings (SSSR count). The first-order chi connectivity index (χ1) is 12.5. The van der Waals surface area contributed by atoms with Crippen molar-refractivity contribution in [3.63, 3.8) is 0 Å². The Hall–Kier alpha value is -2.73. The highest BCUT2D eigenvalue weighted by molar-refractivity contribution is 6.30. The van der Waals surface area contributed by atoms with Gasteiger partial charge in [0.15, 0.2) is 0 Å². The second kappa shape index (κ2) is 9.10. The SMILES string of the molecule is COc1ccc(N(CCNC(=O)c2ccc(Cl)cc2)C(C)=O)c(OC)c1. The second-order valence-electron chi connectivity index (χ2n) is 5.47. The molecule has 0 heterocycles. The van der Waals surface area contributed by atoms with E-state index >= 15 is 0 Å². The van der Waals surface area contributed by atoms with E-state index in [0.717, 1.165) is 0 Å². The van der Waals surface area contributed by atoms with E-state index in [9.17, 15) is 9.59 Å². The summed E-state index contributed by atoms with van der Waals surface area (Å²) in [4.78, 5) is 25.8. The van der Waals surface area contributed by atoms with Crippen LogP contribution in [0.25, 0.3) is 0 Å². The van der Waals surface area contributed by atoms with Crippen LogP contribution in [0, 0.1) is 0 Å². The zero-order valence-corrected chi connectivity index (χ0v) is 15.7. The molecule has 138 valence electrons. The number of halogens is 1. The lowest BCUT2D eigenvalue weighted by Crippen LogP contribution is -2.37. The Bertz CT molecular complexity index is 778. The predicted molar refractivity (Wildman–Crippen MR) is 101 cm³/mol. The largest absolute Gasteiger partial charge is 0.497 e. The van der Waals surface area contributed by atoms with Gasteiger partial charge in [-0.15, -0.1) is 0 Å². The number of anilines is 1. The molecule has 0 bridgehead atoms. The molecule has 6 nitrogen and oxygen atoms in total. The number of hydrogen-bond donors (Lipinski definition) is 1. The van der Waals surface area contributed by atoms with Crippen molar-refractivity contribution in [1.29, 1.82) is 0 Å². The van der Waals surface area contributed by atoms with Gasteiger partial charge >= 0.3 is 0 Å². The van der Waals surface area contributed by atoms with Crippen LogP contribution in [-0.2, 0) is 4.79 Å². The molecule has 7 heteroatoms. The smallest absolute Gasteiger partial charge is 0.251 e. The van der Waals surface area contributed by atoms with Crippen LogP contribution in [0.4, 0.5) is 5.69 Å². The highest BCUT2D eigenvalue weighted by Gasteiger charge is 2.17. The molecule has 0 aliphatic carbocycles. The minimum atomic E-state index is -0.230. The van der Waals surface area contributed by atoms with Gasteiger partial charge in [-0.1, -0.05) is 11.6 Å². The summed E-state index contributed by atoms with van der Waals surface area (Å²) in [5.41, 5.74) is 1.12. The lowest BCUT2D eigenvalue weighted by molar-refractivity contribution is -0.116. The number of rotatable bonds is 7. The maximum absolute atomic E-state index is 12.2. The van der Waals surface area contributed by atoms with E-state index in [1.807, 2.05) is 0 Å². The molecule has 0 spiro atoms. The van der Waals surface area contributed by atoms with Crippen LogP contribution in [0.15, 0.2) is 42.5 Å². The van der Waals surface area contributed by atoms with E-state index in [2.05, 4.69) is 5.32 Å². The van der Waals surface area contributed by atoms with Crippen molar-refractivity contribution in [2.45, 2.75) is 6.92 Å². The summed E-state index contributed by atoms with van der Waals surface area (Å²) in [5.74, 6) is 0.759. The molecule has 0 aliphatic heterocycles. The van der Waals surface area contributed by atoms with E-state index in [1.54, 1.807) is 54.5 Å². The monoisotopic (exact) mass is 376 g/mol. The summed E-state index contributed by atoms with van der Waals surface area (Å²) in [6.45, 7) is 2.05. The fourth-order valence-electron chi connectivity index (χ4n) is 2.44. The third kappa shape index (κ3) is 4.89. The second-order valence-corrected chi connectivity index (χ2v) is 5.91. The van der Waals surface area contributed by atoms with Gasteiger partial charge in [0.25, 0.3) is 5.91 Å². The summed E-state index contributed by atoms with van der Waals surface area (Å²) in [7, 11) is 3.09. The van der Waals surface area contributed by atoms with Crippen molar-refractivity contribution in [3.8, 4) is 11.5 Å². The molecule has 0 aliphatic rings. The molecule has 0 fully saturated rings. The Morgan fingerprint density at radius 1 is 1.08 bits per heavy atom. The van der Waals surface area contributed by atoms with Crippen LogP contribution in [0.1, 0.15) is 17.3 Å². The van der Waals surface area contributed by atoms with Crippen LogP contribution < -0.4 is 19.7 Å². The van der Waals surface area contributed by atoms with Crippen molar-refractivity contribution in [2.75, 3.05) is 32.2 Å². The molecule has 1 N–H and O–H groups in total. The summed E-state index contributed by atoms with van der Waals surface area (Å²) in [5, 5.41) is 3.36. The van der Waals surface area contributed by atoms with Crippen LogP contribution in [-0.4, -0.2) is 39.1 Å². The maximum atomic E-state index is 12.2. The van der Waals surface area contributed by atoms with Gasteiger partial charge in [-0.3, -0.25) is 9.59 Å². The van der Waals surface area contributed by atoms with Crippen molar-refractivity contribution in [1.82, 2.24) is 5.32 Å². The van der Waals surface area contributed by atoms with E-state index in [0.29, 0.717) is 34.3 Å². The van der Waals surface area contributed by atoms with E-state index in [1.165, 1.54) is 14.0 Å². The van der Waals surface area contributed by atoms with E-state index in [4.69, 9.17) is 21.1 Å². The van der Waals surface area contributed by atoms with Gasteiger partial charge in [0.05, 0.1) is 19.9 Å². The van der Waals surface area contributed by atoms with Crippen molar-refractivity contribution in [3.05, 3.63) is 53.1 Å². The number of carbonyl (C=O) groups excluding carboxylic acids is 2. The first kappa shape index (κ1) is 19.6. The third-order valence-electron chi connectivity index (χ3n) is 3.79. The Morgan fingerprint density at radius 2 is 1.77 bits per heavy atom. The fraction of sp³-hybridized carbons (Fsp3) is 0.263. The molecule has 0 aromatic heterocycles. The molecule has 2 aromatic rings. The molecular formula is C19H21ClN2O4. The Morgan fingerprint density at radius 3 is 2.35 bits per heavy atom. The Kier molecular flexibility index (Phi) is 6.86. The summed E-state index contributed by atoms with van der Waals surface area (Å²) < 4.78 is 10.5. The van der Waals surface area contributed by atoms with Gasteiger partial charge in [-0.2, -0.15) is 0 Å². The topological polar surface area (TPSA) is 67.9 Å². The van der Waals surface area contributed by atoms with Crippen molar-refractivity contribution in [2.24, 2.45) is 0 Å². The zero-order chi connectivity index (χ0) is 19.1. The Balaban J connectivity index is 2.06. The van der Waals surface area contributed by atoms with Crippen molar-refractivity contribution < 1.29 is 19.1 Å². The molecule has 26 heavy (non-hydrogen) atoms. The van der Waals surface area contributed by atoms with Crippen LogP contribution in [0.3, 0.4) is 0 Å². The number of methoxy groups -OCH3 is 2. The quantitative estimate of drug-likeness (QED) is 0.806. The number of carbonyl (C=O) groups is 2. The number of nitrogens with zero attached hydrogens (tertiary/aromatic N) is 1. The van der Waals surface area contributed by atoms with E-state index in [-0.39, 0.29) is 18.4 Å².